The molecule has 120 valence electrons. The molecule has 0 amide bonds. The highest BCUT2D eigenvalue weighted by Crippen LogP contribution is 2.24. The van der Waals surface area contributed by atoms with Crippen LogP contribution in [-0.2, 0) is 6.42 Å². The van der Waals surface area contributed by atoms with Crippen LogP contribution in [0.1, 0.15) is 18.2 Å². The Kier molecular flexibility index (Phi) is 4.19. The smallest absolute Gasteiger partial charge is 0.154 e. The number of aryl methyl sites for hydroxylation is 1. The van der Waals surface area contributed by atoms with Crippen molar-refractivity contribution in [3.05, 3.63) is 54.0 Å². The monoisotopic (exact) mass is 310 g/mol. The van der Waals surface area contributed by atoms with Crippen LogP contribution in [-0.4, -0.2) is 34.8 Å². The summed E-state index contributed by atoms with van der Waals surface area (Å²) in [6.45, 7) is 4.19. The molecule has 2 heterocycles. The molecule has 0 spiro atoms. The molecule has 1 unspecified atom stereocenters. The first-order chi connectivity index (χ1) is 11.1. The van der Waals surface area contributed by atoms with Crippen LogP contribution in [0, 0.1) is 6.92 Å². The van der Waals surface area contributed by atoms with Crippen molar-refractivity contribution < 1.29 is 4.74 Å². The summed E-state index contributed by atoms with van der Waals surface area (Å²) in [5.41, 5.74) is 3.22. The van der Waals surface area contributed by atoms with Crippen molar-refractivity contribution in [1.82, 2.24) is 14.6 Å². The number of fused-ring (bicyclic) bond motifs is 1. The number of anilines is 1. The first-order valence-corrected chi connectivity index (χ1v) is 7.76. The third kappa shape index (κ3) is 2.99. The second kappa shape index (κ2) is 6.28. The Morgan fingerprint density at radius 1 is 1.30 bits per heavy atom. The molecule has 0 aliphatic carbocycles. The number of benzene rings is 1. The highest BCUT2D eigenvalue weighted by atomic mass is 16.5. The quantitative estimate of drug-likeness (QED) is 0.726. The fourth-order valence-corrected chi connectivity index (χ4v) is 2.84. The van der Waals surface area contributed by atoms with E-state index in [0.717, 1.165) is 29.2 Å². The average Bonchev–Trinajstić information content (AvgIpc) is 2.94. The minimum Gasteiger partial charge on any atom is -0.496 e. The molecule has 0 saturated carbocycles. The second-order valence-corrected chi connectivity index (χ2v) is 5.84. The van der Waals surface area contributed by atoms with Crippen molar-refractivity contribution >= 4 is 11.3 Å². The minimum absolute atomic E-state index is 0.278. The lowest BCUT2D eigenvalue weighted by Gasteiger charge is -2.27. The maximum atomic E-state index is 5.46. The Bertz CT molecular complexity index is 812. The van der Waals surface area contributed by atoms with Gasteiger partial charge in [0.25, 0.3) is 0 Å². The van der Waals surface area contributed by atoms with Crippen LogP contribution in [0.3, 0.4) is 0 Å². The lowest BCUT2D eigenvalue weighted by atomic mass is 10.1. The molecule has 5 nitrogen and oxygen atoms in total. The Morgan fingerprint density at radius 3 is 2.87 bits per heavy atom. The highest BCUT2D eigenvalue weighted by molar-refractivity contribution is 5.69. The molecule has 2 aromatic heterocycles. The van der Waals surface area contributed by atoms with Crippen LogP contribution >= 0.6 is 0 Å². The zero-order valence-electron chi connectivity index (χ0n) is 14.0. The maximum absolute atomic E-state index is 5.46. The van der Waals surface area contributed by atoms with Gasteiger partial charge in [-0.2, -0.15) is 5.10 Å². The summed E-state index contributed by atoms with van der Waals surface area (Å²) >= 11 is 0. The first kappa shape index (κ1) is 15.3. The molecular weight excluding hydrogens is 288 g/mol. The van der Waals surface area contributed by atoms with Crippen molar-refractivity contribution in [3.63, 3.8) is 0 Å². The Balaban J connectivity index is 1.88. The van der Waals surface area contributed by atoms with Crippen molar-refractivity contribution in [2.75, 3.05) is 19.1 Å². The summed E-state index contributed by atoms with van der Waals surface area (Å²) in [6.07, 6.45) is 4.56. The van der Waals surface area contributed by atoms with Gasteiger partial charge >= 0.3 is 0 Å². The van der Waals surface area contributed by atoms with E-state index in [0.29, 0.717) is 0 Å². The number of para-hydroxylation sites is 1. The molecule has 0 aliphatic rings. The lowest BCUT2D eigenvalue weighted by Crippen LogP contribution is -2.31. The van der Waals surface area contributed by atoms with Crippen molar-refractivity contribution in [2.24, 2.45) is 0 Å². The molecule has 3 aromatic rings. The molecule has 0 N–H and O–H groups in total. The Morgan fingerprint density at radius 2 is 2.09 bits per heavy atom. The number of likely N-dealkylation sites (N-methyl/N-ethyl adjacent to an activating group) is 1. The topological polar surface area (TPSA) is 42.7 Å². The number of rotatable bonds is 5. The van der Waals surface area contributed by atoms with Gasteiger partial charge in [0.15, 0.2) is 5.82 Å². The van der Waals surface area contributed by atoms with Gasteiger partial charge in [-0.3, -0.25) is 0 Å². The van der Waals surface area contributed by atoms with E-state index in [4.69, 9.17) is 4.74 Å². The van der Waals surface area contributed by atoms with Crippen LogP contribution in [0.15, 0.2) is 42.7 Å². The maximum Gasteiger partial charge on any atom is 0.154 e. The van der Waals surface area contributed by atoms with E-state index < -0.39 is 0 Å². The highest BCUT2D eigenvalue weighted by Gasteiger charge is 2.17. The van der Waals surface area contributed by atoms with Gasteiger partial charge in [-0.15, -0.1) is 0 Å². The summed E-state index contributed by atoms with van der Waals surface area (Å²) in [5.74, 6) is 1.87. The zero-order valence-corrected chi connectivity index (χ0v) is 14.0. The normalized spacial score (nSPS) is 12.3. The first-order valence-electron chi connectivity index (χ1n) is 7.76. The minimum atomic E-state index is 0.278. The molecule has 3 rings (SSSR count). The third-order valence-corrected chi connectivity index (χ3v) is 4.19. The molecule has 0 saturated heterocycles. The van der Waals surface area contributed by atoms with Crippen LogP contribution in [0.5, 0.6) is 5.75 Å². The summed E-state index contributed by atoms with van der Waals surface area (Å²) in [7, 11) is 3.79. The van der Waals surface area contributed by atoms with Crippen LogP contribution in [0.2, 0.25) is 0 Å². The average molecular weight is 310 g/mol. The van der Waals surface area contributed by atoms with Gasteiger partial charge in [0.1, 0.15) is 11.3 Å². The zero-order chi connectivity index (χ0) is 16.4. The Hall–Kier alpha value is -2.56. The summed E-state index contributed by atoms with van der Waals surface area (Å²) < 4.78 is 7.34. The molecule has 23 heavy (non-hydrogen) atoms. The molecule has 0 aliphatic heterocycles. The number of aromatic nitrogens is 3. The molecule has 5 heteroatoms. The fraction of sp³-hybridized carbons (Fsp3) is 0.333. The number of methoxy groups -OCH3 is 1. The molecule has 0 bridgehead atoms. The van der Waals surface area contributed by atoms with Gasteiger partial charge in [-0.1, -0.05) is 18.2 Å². The predicted molar refractivity (Wildman–Crippen MR) is 92.3 cm³/mol. The van der Waals surface area contributed by atoms with Crippen molar-refractivity contribution in [3.8, 4) is 5.75 Å². The van der Waals surface area contributed by atoms with Crippen LogP contribution in [0.4, 0.5) is 5.82 Å². The number of nitrogens with zero attached hydrogens (tertiary/aromatic N) is 4. The van der Waals surface area contributed by atoms with Gasteiger partial charge in [-0.25, -0.2) is 9.50 Å². The van der Waals surface area contributed by atoms with Gasteiger partial charge in [-0.05, 0) is 38.0 Å². The summed E-state index contributed by atoms with van der Waals surface area (Å²) in [5, 5.41) is 4.46. The lowest BCUT2D eigenvalue weighted by molar-refractivity contribution is 0.408. The van der Waals surface area contributed by atoms with Crippen LogP contribution < -0.4 is 9.64 Å². The van der Waals surface area contributed by atoms with E-state index in [1.165, 1.54) is 5.56 Å². The fourth-order valence-electron chi connectivity index (χ4n) is 2.84. The predicted octanol–water partition coefficient (Wildman–Crippen LogP) is 3.11. The van der Waals surface area contributed by atoms with Gasteiger partial charge in [0.2, 0.25) is 0 Å². The molecule has 0 radical (unpaired) electrons. The molecule has 1 atom stereocenters. The number of hydrogen-bond acceptors (Lipinski definition) is 4. The van der Waals surface area contributed by atoms with Crippen molar-refractivity contribution in [2.45, 2.75) is 26.3 Å². The van der Waals surface area contributed by atoms with Crippen molar-refractivity contribution in [1.29, 1.82) is 0 Å². The van der Waals surface area contributed by atoms with Gasteiger partial charge < -0.3 is 9.64 Å². The Labute approximate surface area is 136 Å². The molecule has 0 fully saturated rings. The summed E-state index contributed by atoms with van der Waals surface area (Å²) in [4.78, 5) is 6.76. The van der Waals surface area contributed by atoms with E-state index >= 15 is 0 Å². The summed E-state index contributed by atoms with van der Waals surface area (Å²) in [6, 6.07) is 10.5. The van der Waals surface area contributed by atoms with Gasteiger partial charge in [0, 0.05) is 25.5 Å². The number of hydrogen-bond donors (Lipinski definition) is 0. The van der Waals surface area contributed by atoms with Crippen LogP contribution in [0.25, 0.3) is 5.52 Å². The van der Waals surface area contributed by atoms with E-state index in [-0.39, 0.29) is 6.04 Å². The second-order valence-electron chi connectivity index (χ2n) is 5.84. The third-order valence-electron chi connectivity index (χ3n) is 4.19. The largest absolute Gasteiger partial charge is 0.496 e. The molecule has 1 aromatic carbocycles. The standard InChI is InChI=1S/C18H22N4O/c1-13-11-16-18(19-9-10-22(16)20-13)21(3)14(2)12-15-7-5-6-8-17(15)23-4/h5-11,14H,12H2,1-4H3. The van der Waals surface area contributed by atoms with Gasteiger partial charge in [0.05, 0.1) is 12.8 Å². The molecular formula is C18H22N4O. The van der Waals surface area contributed by atoms with E-state index in [2.05, 4.69) is 41.1 Å². The number of ether oxygens (including phenoxy) is 1. The SMILES string of the molecule is COc1ccccc1CC(C)N(C)c1nccn2nc(C)cc12. The van der Waals surface area contributed by atoms with E-state index in [1.807, 2.05) is 35.8 Å². The van der Waals surface area contributed by atoms with E-state index in [9.17, 15) is 0 Å². The van der Waals surface area contributed by atoms with E-state index in [1.54, 1.807) is 13.3 Å².